The molecule has 21 heteroatoms. The monoisotopic (exact) mass is 1030 g/mol. The quantitative estimate of drug-likeness (QED) is 0.0615. The number of anilines is 3. The van der Waals surface area contributed by atoms with Gasteiger partial charge < -0.3 is 25.0 Å². The van der Waals surface area contributed by atoms with Crippen LogP contribution in [0.25, 0.3) is 32.2 Å². The first-order valence-corrected chi connectivity index (χ1v) is 25.0. The van der Waals surface area contributed by atoms with E-state index in [1.54, 1.807) is 66.5 Å². The molecule has 1 unspecified atom stereocenters. The number of rotatable bonds is 14. The van der Waals surface area contributed by atoms with Gasteiger partial charge in [-0.3, -0.25) is 39.4 Å². The highest BCUT2D eigenvalue weighted by Gasteiger charge is 2.47. The first kappa shape index (κ1) is 49.8. The highest BCUT2D eigenvalue weighted by atomic mass is 32.1. The minimum absolute atomic E-state index is 0.0110. The second kappa shape index (κ2) is 20.6. The lowest BCUT2D eigenvalue weighted by atomic mass is 9.92. The number of nitrogens with zero attached hydrogens (tertiary/aromatic N) is 7. The zero-order valence-electron chi connectivity index (χ0n) is 40.4. The highest BCUT2D eigenvalue weighted by molar-refractivity contribution is 7.22. The Morgan fingerprint density at radius 2 is 1.72 bits per heavy atom. The first-order valence-electron chi connectivity index (χ1n) is 24.2. The molecule has 6 heterocycles. The Morgan fingerprint density at radius 3 is 2.51 bits per heavy atom. The summed E-state index contributed by atoms with van der Waals surface area (Å²) in [4.78, 5) is 78.3. The number of alkyl halides is 3. The number of thiazole rings is 1. The number of ether oxygens (including phenoxy) is 1. The van der Waals surface area contributed by atoms with Gasteiger partial charge in [0.05, 0.1) is 46.2 Å². The van der Waals surface area contributed by atoms with Crippen molar-refractivity contribution < 1.29 is 47.0 Å². The summed E-state index contributed by atoms with van der Waals surface area (Å²) in [7, 11) is 1.65. The SMILES string of the molecule is Cc1c(OCCCN2CCN(CC(=O)Nc3cccc4c(C5CCC(=O)NC5=O)nn(C)c34)[C@H](C(F)(F)F)C2)cccc1-c1ccc(N2CCc3cccc(C(=O)Nc4nc5ccccc5s4)c3C2)nc1C(=O)O. The molecule has 2 atom stereocenters. The number of hydrogen-bond donors (Lipinski definition) is 4. The van der Waals surface area contributed by atoms with Gasteiger partial charge >= 0.3 is 12.1 Å². The molecule has 3 aromatic heterocycles. The molecule has 74 heavy (non-hydrogen) atoms. The fraction of sp³-hybridized carbons (Fsp3) is 0.321. The van der Waals surface area contributed by atoms with Crippen molar-refractivity contribution in [3.05, 3.63) is 125 Å². The van der Waals surface area contributed by atoms with Crippen molar-refractivity contribution in [2.75, 3.05) is 61.4 Å². The molecule has 0 spiro atoms. The van der Waals surface area contributed by atoms with E-state index in [0.717, 1.165) is 26.2 Å². The number of carbonyl (C=O) groups is 5. The topological polar surface area (TPSA) is 204 Å². The standard InChI is InChI=1S/C53H51F3N10O7S/c1-30-32(33-17-19-43(59-47(33)51(71)72)66-23-21-31-9-5-11-34(37(31)27-66)49(69)61-52-58-38-13-3-4-16-41(38)74-52)10-7-15-40(30)73-26-8-22-64-24-25-65(42(28-64)53(54,55)56)29-45(68)57-39-14-6-12-35-46(62-63(2)48(35)39)36-18-20-44(67)60-50(36)70/h3-7,9-17,19,36,42H,8,18,20-29H2,1-2H3,(H,57,68)(H,71,72)(H,58,61,69)(H,60,67,70)/t36?,42-/m0/s1. The number of imide groups is 1. The van der Waals surface area contributed by atoms with Crippen LogP contribution in [0.2, 0.25) is 0 Å². The van der Waals surface area contributed by atoms with Gasteiger partial charge in [-0.25, -0.2) is 14.8 Å². The van der Waals surface area contributed by atoms with Crippen molar-refractivity contribution in [2.45, 2.75) is 57.3 Å². The summed E-state index contributed by atoms with van der Waals surface area (Å²) in [6.07, 6.45) is -3.17. The van der Waals surface area contributed by atoms with E-state index in [0.29, 0.717) is 93.7 Å². The lowest BCUT2D eigenvalue weighted by molar-refractivity contribution is -0.197. The Kier molecular flexibility index (Phi) is 13.9. The lowest BCUT2D eigenvalue weighted by Gasteiger charge is -2.41. The largest absolute Gasteiger partial charge is 0.493 e. The van der Waals surface area contributed by atoms with E-state index in [-0.39, 0.29) is 56.6 Å². The number of carboxylic acids is 1. The lowest BCUT2D eigenvalue weighted by Crippen LogP contribution is -2.60. The number of piperidine rings is 1. The zero-order valence-corrected chi connectivity index (χ0v) is 41.2. The van der Waals surface area contributed by atoms with Crippen molar-refractivity contribution in [3.63, 3.8) is 0 Å². The number of pyridine rings is 1. The molecule has 382 valence electrons. The summed E-state index contributed by atoms with van der Waals surface area (Å²) in [5.41, 5.74) is 5.92. The maximum atomic E-state index is 14.6. The molecule has 4 N–H and O–H groups in total. The predicted octanol–water partition coefficient (Wildman–Crippen LogP) is 7.54. The van der Waals surface area contributed by atoms with Crippen LogP contribution in [0.5, 0.6) is 5.75 Å². The highest BCUT2D eigenvalue weighted by Crippen LogP contribution is 2.37. The smallest absolute Gasteiger partial charge is 0.405 e. The van der Waals surface area contributed by atoms with Crippen LogP contribution in [-0.2, 0) is 34.4 Å². The molecule has 0 aliphatic carbocycles. The number of aromatic carboxylic acids is 1. The summed E-state index contributed by atoms with van der Waals surface area (Å²) in [6.45, 7) is 2.60. The number of piperazine rings is 1. The van der Waals surface area contributed by atoms with Crippen LogP contribution >= 0.6 is 11.3 Å². The molecule has 4 aromatic carbocycles. The van der Waals surface area contributed by atoms with Gasteiger partial charge in [0.2, 0.25) is 17.7 Å². The van der Waals surface area contributed by atoms with Crippen molar-refractivity contribution in [1.82, 2.24) is 34.9 Å². The molecule has 0 bridgehead atoms. The van der Waals surface area contributed by atoms with Crippen molar-refractivity contribution in [3.8, 4) is 16.9 Å². The molecule has 3 aliphatic rings. The third-order valence-corrected chi connectivity index (χ3v) is 14.9. The average Bonchev–Trinajstić information content (AvgIpc) is 3.95. The molecule has 7 aromatic rings. The summed E-state index contributed by atoms with van der Waals surface area (Å²) in [5.74, 6) is -2.69. The normalized spacial score (nSPS) is 17.6. The summed E-state index contributed by atoms with van der Waals surface area (Å²) in [5, 5.41) is 24.1. The Labute approximate surface area is 426 Å². The molecular formula is C53H51F3N10O7S. The molecule has 17 nitrogen and oxygen atoms in total. The van der Waals surface area contributed by atoms with Gasteiger partial charge in [0.25, 0.3) is 5.91 Å². The average molecular weight is 1030 g/mol. The fourth-order valence-electron chi connectivity index (χ4n) is 10.2. The van der Waals surface area contributed by atoms with Crippen molar-refractivity contribution in [1.29, 1.82) is 0 Å². The minimum Gasteiger partial charge on any atom is -0.493 e. The van der Waals surface area contributed by atoms with Gasteiger partial charge in [-0.05, 0) is 90.9 Å². The van der Waals surface area contributed by atoms with Gasteiger partial charge in [0, 0.05) is 69.3 Å². The first-order chi connectivity index (χ1) is 35.6. The van der Waals surface area contributed by atoms with Crippen LogP contribution in [0, 0.1) is 6.92 Å². The van der Waals surface area contributed by atoms with Crippen molar-refractivity contribution in [2.24, 2.45) is 7.05 Å². The number of carbonyl (C=O) groups excluding carboxylic acids is 4. The van der Waals surface area contributed by atoms with Gasteiger partial charge in [-0.1, -0.05) is 59.9 Å². The van der Waals surface area contributed by atoms with Crippen LogP contribution in [-0.4, -0.2) is 122 Å². The van der Waals surface area contributed by atoms with Crippen LogP contribution < -0.4 is 25.6 Å². The number of aromatic nitrogens is 4. The third-order valence-electron chi connectivity index (χ3n) is 13.9. The van der Waals surface area contributed by atoms with Crippen LogP contribution in [0.15, 0.2) is 91.0 Å². The molecule has 10 rings (SSSR count). The number of amides is 4. The Hall–Kier alpha value is -7.75. The Morgan fingerprint density at radius 1 is 0.905 bits per heavy atom. The molecule has 4 amide bonds. The number of aryl methyl sites for hydroxylation is 1. The Bertz CT molecular complexity index is 3330. The van der Waals surface area contributed by atoms with E-state index in [1.807, 2.05) is 48.2 Å². The predicted molar refractivity (Wildman–Crippen MR) is 273 cm³/mol. The second-order valence-corrected chi connectivity index (χ2v) is 19.7. The zero-order chi connectivity index (χ0) is 51.8. The number of fused-ring (bicyclic) bond motifs is 3. The number of nitrogens with one attached hydrogen (secondary N) is 3. The number of hydrogen-bond acceptors (Lipinski definition) is 13. The van der Waals surface area contributed by atoms with E-state index >= 15 is 0 Å². The van der Waals surface area contributed by atoms with Crippen LogP contribution in [0.4, 0.5) is 29.8 Å². The summed E-state index contributed by atoms with van der Waals surface area (Å²) in [6, 6.07) is 25.2. The number of benzene rings is 4. The van der Waals surface area contributed by atoms with E-state index in [1.165, 1.54) is 16.0 Å². The maximum Gasteiger partial charge on any atom is 0.405 e. The maximum absolute atomic E-state index is 14.6. The molecule has 3 aliphatic heterocycles. The van der Waals surface area contributed by atoms with Crippen LogP contribution in [0.3, 0.4) is 0 Å². The van der Waals surface area contributed by atoms with Gasteiger partial charge in [0.15, 0.2) is 10.8 Å². The number of halogens is 3. The third kappa shape index (κ3) is 10.3. The van der Waals surface area contributed by atoms with E-state index in [2.05, 4.69) is 31.0 Å². The molecule has 2 saturated heterocycles. The van der Waals surface area contributed by atoms with E-state index in [9.17, 15) is 42.3 Å². The molecule has 0 radical (unpaired) electrons. The molecular weight excluding hydrogens is 978 g/mol. The van der Waals surface area contributed by atoms with E-state index in [4.69, 9.17) is 4.74 Å². The summed E-state index contributed by atoms with van der Waals surface area (Å²) >= 11 is 1.39. The number of carboxylic acid groups (broad SMARTS) is 1. The Balaban J connectivity index is 0.752. The minimum atomic E-state index is -4.62. The van der Waals surface area contributed by atoms with E-state index < -0.39 is 42.5 Å². The molecule has 0 saturated carbocycles. The van der Waals surface area contributed by atoms with Crippen LogP contribution in [0.1, 0.15) is 68.4 Å². The fourth-order valence-corrected chi connectivity index (χ4v) is 11.1. The summed E-state index contributed by atoms with van der Waals surface area (Å²) < 4.78 is 52.4. The van der Waals surface area contributed by atoms with Gasteiger partial charge in [-0.15, -0.1) is 0 Å². The van der Waals surface area contributed by atoms with Gasteiger partial charge in [0.1, 0.15) is 17.6 Å². The second-order valence-electron chi connectivity index (χ2n) is 18.6. The number of para-hydroxylation sites is 2. The molecule has 2 fully saturated rings. The van der Waals surface area contributed by atoms with Crippen molar-refractivity contribution >= 4 is 78.7 Å². The van der Waals surface area contributed by atoms with Gasteiger partial charge in [-0.2, -0.15) is 18.3 Å².